The van der Waals surface area contributed by atoms with Crippen LogP contribution in [0.5, 0.6) is 0 Å². The number of nitrogens with zero attached hydrogens (tertiary/aromatic N) is 2. The van der Waals surface area contributed by atoms with Gasteiger partial charge in [-0.25, -0.2) is 9.59 Å². The van der Waals surface area contributed by atoms with E-state index < -0.39 is 23.1 Å². The van der Waals surface area contributed by atoms with Crippen molar-refractivity contribution in [3.8, 4) is 0 Å². The molecule has 0 aliphatic heterocycles. The summed E-state index contributed by atoms with van der Waals surface area (Å²) in [6.07, 6.45) is 1.15. The maximum Gasteiger partial charge on any atom is 0.335 e. The Morgan fingerprint density at radius 1 is 1.17 bits per heavy atom. The minimum absolute atomic E-state index is 0.0132. The largest absolute Gasteiger partial charge is 0.478 e. The van der Waals surface area contributed by atoms with Gasteiger partial charge in [0.25, 0.3) is 11.5 Å². The van der Waals surface area contributed by atoms with E-state index in [0.717, 1.165) is 15.3 Å². The monoisotopic (exact) mass is 317 g/mol. The first-order valence-electron chi connectivity index (χ1n) is 6.64. The molecule has 0 atom stereocenters. The molecule has 2 aromatic rings. The summed E-state index contributed by atoms with van der Waals surface area (Å²) in [7, 11) is 2.70. The Hall–Kier alpha value is -3.16. The van der Waals surface area contributed by atoms with Crippen LogP contribution in [0.25, 0.3) is 0 Å². The topological polar surface area (TPSA) is 110 Å². The van der Waals surface area contributed by atoms with Gasteiger partial charge in [0.2, 0.25) is 0 Å². The lowest BCUT2D eigenvalue weighted by Gasteiger charge is -2.10. The van der Waals surface area contributed by atoms with Crippen LogP contribution < -0.4 is 16.6 Å². The number of carbonyl (C=O) groups excluding carboxylic acids is 1. The molecule has 1 heterocycles. The van der Waals surface area contributed by atoms with E-state index in [1.807, 2.05) is 0 Å². The van der Waals surface area contributed by atoms with E-state index in [2.05, 4.69) is 5.32 Å². The summed E-state index contributed by atoms with van der Waals surface area (Å²) < 4.78 is 1.95. The molecule has 1 aromatic carbocycles. The number of anilines is 1. The number of carboxylic acid groups (broad SMARTS) is 1. The third-order valence-electron chi connectivity index (χ3n) is 3.42. The van der Waals surface area contributed by atoms with Crippen molar-refractivity contribution in [1.82, 2.24) is 9.13 Å². The number of amides is 1. The first-order chi connectivity index (χ1) is 10.7. The van der Waals surface area contributed by atoms with E-state index in [9.17, 15) is 19.2 Å². The Bertz CT molecular complexity index is 924. The zero-order valence-corrected chi connectivity index (χ0v) is 12.8. The number of hydrogen-bond acceptors (Lipinski definition) is 4. The van der Waals surface area contributed by atoms with Gasteiger partial charge in [0, 0.05) is 26.0 Å². The summed E-state index contributed by atoms with van der Waals surface area (Å²) >= 11 is 0. The lowest BCUT2D eigenvalue weighted by atomic mass is 10.1. The lowest BCUT2D eigenvalue weighted by molar-refractivity contribution is 0.0696. The number of carbonyl (C=O) groups is 2. The highest BCUT2D eigenvalue weighted by Crippen LogP contribution is 2.17. The van der Waals surface area contributed by atoms with Gasteiger partial charge in [0.05, 0.1) is 5.56 Å². The molecule has 0 spiro atoms. The molecule has 1 amide bonds. The minimum atomic E-state index is -1.13. The molecular weight excluding hydrogens is 302 g/mol. The molecule has 0 aliphatic carbocycles. The zero-order valence-electron chi connectivity index (χ0n) is 12.8. The second-order valence-electron chi connectivity index (χ2n) is 5.09. The third-order valence-corrected chi connectivity index (χ3v) is 3.42. The van der Waals surface area contributed by atoms with Crippen LogP contribution in [0.15, 0.2) is 34.0 Å². The van der Waals surface area contributed by atoms with Crippen molar-refractivity contribution in [2.75, 3.05) is 5.32 Å². The Labute approximate surface area is 130 Å². The van der Waals surface area contributed by atoms with Crippen LogP contribution >= 0.6 is 0 Å². The summed E-state index contributed by atoms with van der Waals surface area (Å²) in [5.41, 5.74) is -0.543. The normalized spacial score (nSPS) is 10.4. The molecule has 23 heavy (non-hydrogen) atoms. The molecule has 0 aliphatic rings. The molecule has 0 unspecified atom stereocenters. The van der Waals surface area contributed by atoms with Gasteiger partial charge in [-0.05, 0) is 24.6 Å². The molecular formula is C15H15N3O5. The van der Waals surface area contributed by atoms with Crippen LogP contribution in [0.4, 0.5) is 5.69 Å². The van der Waals surface area contributed by atoms with Crippen LogP contribution in [0.1, 0.15) is 26.3 Å². The van der Waals surface area contributed by atoms with Crippen molar-refractivity contribution in [2.45, 2.75) is 6.92 Å². The van der Waals surface area contributed by atoms with Crippen LogP contribution in [0.3, 0.4) is 0 Å². The number of aromatic carboxylic acids is 1. The number of nitrogens with one attached hydrogen (secondary N) is 1. The van der Waals surface area contributed by atoms with Gasteiger partial charge in [-0.15, -0.1) is 0 Å². The molecule has 8 heteroatoms. The predicted octanol–water partition coefficient (Wildman–Crippen LogP) is 0.343. The smallest absolute Gasteiger partial charge is 0.335 e. The molecule has 8 nitrogen and oxygen atoms in total. The maximum absolute atomic E-state index is 12.3. The number of rotatable bonds is 3. The second kappa shape index (κ2) is 5.91. The maximum atomic E-state index is 12.3. The van der Waals surface area contributed by atoms with Crippen molar-refractivity contribution in [3.63, 3.8) is 0 Å². The van der Waals surface area contributed by atoms with E-state index >= 15 is 0 Å². The second-order valence-corrected chi connectivity index (χ2v) is 5.09. The predicted molar refractivity (Wildman–Crippen MR) is 83.0 cm³/mol. The Morgan fingerprint density at radius 2 is 1.83 bits per heavy atom. The average molecular weight is 317 g/mol. The summed E-state index contributed by atoms with van der Waals surface area (Å²) in [4.78, 5) is 46.9. The summed E-state index contributed by atoms with van der Waals surface area (Å²) in [6, 6.07) is 4.28. The quantitative estimate of drug-likeness (QED) is 0.848. The SMILES string of the molecule is Cc1ccc(C(=O)O)cc1NC(=O)c1cn(C)c(=O)n(C)c1=O. The molecule has 0 saturated carbocycles. The molecule has 120 valence electrons. The third kappa shape index (κ3) is 3.05. The van der Waals surface area contributed by atoms with Gasteiger partial charge in [-0.2, -0.15) is 0 Å². The number of carboxylic acids is 1. The fraction of sp³-hybridized carbons (Fsp3) is 0.200. The number of aromatic nitrogens is 2. The number of benzene rings is 1. The zero-order chi connectivity index (χ0) is 17.3. The van der Waals surface area contributed by atoms with Crippen molar-refractivity contribution in [2.24, 2.45) is 14.1 Å². The number of hydrogen-bond donors (Lipinski definition) is 2. The van der Waals surface area contributed by atoms with Gasteiger partial charge in [0.15, 0.2) is 0 Å². The van der Waals surface area contributed by atoms with Crippen molar-refractivity contribution in [1.29, 1.82) is 0 Å². The van der Waals surface area contributed by atoms with Crippen molar-refractivity contribution < 1.29 is 14.7 Å². The first-order valence-corrected chi connectivity index (χ1v) is 6.64. The highest BCUT2D eigenvalue weighted by Gasteiger charge is 2.16. The van der Waals surface area contributed by atoms with E-state index in [4.69, 9.17) is 5.11 Å². The lowest BCUT2D eigenvalue weighted by Crippen LogP contribution is -2.40. The van der Waals surface area contributed by atoms with Gasteiger partial charge < -0.3 is 15.0 Å². The molecule has 0 fully saturated rings. The molecule has 1 aromatic heterocycles. The van der Waals surface area contributed by atoms with E-state index in [1.54, 1.807) is 13.0 Å². The molecule has 2 rings (SSSR count). The Kier molecular flexibility index (Phi) is 4.17. The highest BCUT2D eigenvalue weighted by molar-refractivity contribution is 6.04. The van der Waals surface area contributed by atoms with Crippen LogP contribution in [0.2, 0.25) is 0 Å². The van der Waals surface area contributed by atoms with Crippen molar-refractivity contribution in [3.05, 3.63) is 61.9 Å². The van der Waals surface area contributed by atoms with Crippen LogP contribution in [0, 0.1) is 6.92 Å². The molecule has 0 saturated heterocycles. The van der Waals surface area contributed by atoms with Gasteiger partial charge in [0.1, 0.15) is 5.56 Å². The molecule has 0 radical (unpaired) electrons. The van der Waals surface area contributed by atoms with E-state index in [-0.39, 0.29) is 16.8 Å². The first kappa shape index (κ1) is 16.2. The highest BCUT2D eigenvalue weighted by atomic mass is 16.4. The van der Waals surface area contributed by atoms with Gasteiger partial charge >= 0.3 is 11.7 Å². The summed E-state index contributed by atoms with van der Waals surface area (Å²) in [5.74, 6) is -1.84. The summed E-state index contributed by atoms with van der Waals surface area (Å²) in [6.45, 7) is 1.69. The summed E-state index contributed by atoms with van der Waals surface area (Å²) in [5, 5.41) is 11.5. The van der Waals surface area contributed by atoms with E-state index in [1.165, 1.54) is 26.2 Å². The van der Waals surface area contributed by atoms with Gasteiger partial charge in [-0.1, -0.05) is 6.07 Å². The van der Waals surface area contributed by atoms with E-state index in [0.29, 0.717) is 5.56 Å². The fourth-order valence-corrected chi connectivity index (χ4v) is 2.04. The average Bonchev–Trinajstić information content (AvgIpc) is 2.50. The Morgan fingerprint density at radius 3 is 2.43 bits per heavy atom. The fourth-order valence-electron chi connectivity index (χ4n) is 2.04. The molecule has 2 N–H and O–H groups in total. The van der Waals surface area contributed by atoms with Crippen molar-refractivity contribution >= 4 is 17.6 Å². The standard InChI is InChI=1S/C15H15N3O5/c1-8-4-5-9(14(21)22)6-11(8)16-12(19)10-7-17(2)15(23)18(3)13(10)20/h4-7H,1-3H3,(H,16,19)(H,21,22). The Balaban J connectivity index is 2.45. The van der Waals surface area contributed by atoms with Crippen LogP contribution in [-0.2, 0) is 14.1 Å². The number of aryl methyl sites for hydroxylation is 2. The molecule has 0 bridgehead atoms. The van der Waals surface area contributed by atoms with Gasteiger partial charge in [-0.3, -0.25) is 14.2 Å². The minimum Gasteiger partial charge on any atom is -0.478 e. The van der Waals surface area contributed by atoms with Crippen LogP contribution in [-0.4, -0.2) is 26.1 Å².